The average Bonchev–Trinajstić information content (AvgIpc) is 3.17. The third kappa shape index (κ3) is 3.47. The molecule has 8 heteroatoms. The van der Waals surface area contributed by atoms with Crippen LogP contribution in [0.15, 0.2) is 30.9 Å². The average molecular weight is 366 g/mol. The van der Waals surface area contributed by atoms with Gasteiger partial charge in [0.1, 0.15) is 6.33 Å². The highest BCUT2D eigenvalue weighted by Gasteiger charge is 2.22. The Balaban J connectivity index is 1.37. The second kappa shape index (κ2) is 7.30. The lowest BCUT2D eigenvalue weighted by Gasteiger charge is -2.36. The highest BCUT2D eigenvalue weighted by molar-refractivity contribution is 5.77. The van der Waals surface area contributed by atoms with E-state index >= 15 is 0 Å². The van der Waals surface area contributed by atoms with Gasteiger partial charge in [-0.3, -0.25) is 4.79 Å². The number of H-pyrrole nitrogens is 1. The summed E-state index contributed by atoms with van der Waals surface area (Å²) in [5, 5.41) is 4.21. The number of nitrogens with one attached hydrogen (secondary N) is 1. The van der Waals surface area contributed by atoms with E-state index in [0.717, 1.165) is 43.1 Å². The van der Waals surface area contributed by atoms with E-state index in [1.165, 1.54) is 12.0 Å². The first-order valence-electron chi connectivity index (χ1n) is 9.28. The lowest BCUT2D eigenvalue weighted by atomic mass is 10.1. The standard InChI is InChI=1S/C19H23N7O/c1-14-17(15(2)26-19(23-14)21-13-22-26)3-4-18(27)25-11-9-24(10-12-25)16-5-7-20-8-6-16/h5-8,13H,3-4,9-12H2,1-2H3/p+1. The summed E-state index contributed by atoms with van der Waals surface area (Å²) in [6, 6.07) is 4.13. The zero-order valence-electron chi connectivity index (χ0n) is 15.7. The van der Waals surface area contributed by atoms with Crippen molar-refractivity contribution in [2.24, 2.45) is 0 Å². The number of amides is 1. The minimum absolute atomic E-state index is 0.202. The Bertz CT molecular complexity index is 945. The molecule has 0 aromatic carbocycles. The maximum Gasteiger partial charge on any atom is 0.252 e. The van der Waals surface area contributed by atoms with Crippen LogP contribution in [0.25, 0.3) is 5.78 Å². The molecule has 0 unspecified atom stereocenters. The summed E-state index contributed by atoms with van der Waals surface area (Å²) in [6.07, 6.45) is 6.53. The monoisotopic (exact) mass is 366 g/mol. The molecule has 1 saturated heterocycles. The van der Waals surface area contributed by atoms with Gasteiger partial charge in [0.05, 0.1) is 0 Å². The Morgan fingerprint density at radius 2 is 1.89 bits per heavy atom. The minimum atomic E-state index is 0.202. The number of fused-ring (bicyclic) bond motifs is 1. The number of pyridine rings is 1. The van der Waals surface area contributed by atoms with E-state index in [1.54, 1.807) is 4.52 Å². The highest BCUT2D eigenvalue weighted by atomic mass is 16.2. The SMILES string of the molecule is Cc1nc2ncnn2c(C)c1CCC(=O)N1CCN(c2cc[nH+]cc2)CC1. The zero-order chi connectivity index (χ0) is 18.8. The Morgan fingerprint density at radius 1 is 1.15 bits per heavy atom. The molecule has 1 amide bonds. The van der Waals surface area contributed by atoms with Crippen molar-refractivity contribution in [3.05, 3.63) is 47.8 Å². The van der Waals surface area contributed by atoms with Crippen LogP contribution in [-0.2, 0) is 11.2 Å². The van der Waals surface area contributed by atoms with Crippen LogP contribution in [0.4, 0.5) is 5.69 Å². The smallest absolute Gasteiger partial charge is 0.252 e. The number of hydrogen-bond donors (Lipinski definition) is 0. The summed E-state index contributed by atoms with van der Waals surface area (Å²) in [5.41, 5.74) is 4.21. The van der Waals surface area contributed by atoms with E-state index < -0.39 is 0 Å². The molecule has 3 aromatic rings. The fourth-order valence-corrected chi connectivity index (χ4v) is 3.71. The summed E-state index contributed by atoms with van der Waals surface area (Å²) in [6.45, 7) is 7.22. The number of piperazine rings is 1. The molecule has 0 aliphatic carbocycles. The molecule has 140 valence electrons. The molecule has 0 saturated carbocycles. The van der Waals surface area contributed by atoms with Gasteiger partial charge in [-0.05, 0) is 25.8 Å². The van der Waals surface area contributed by atoms with Crippen molar-refractivity contribution >= 4 is 17.4 Å². The van der Waals surface area contributed by atoms with Crippen molar-refractivity contribution in [1.29, 1.82) is 0 Å². The summed E-state index contributed by atoms with van der Waals surface area (Å²) in [7, 11) is 0. The van der Waals surface area contributed by atoms with E-state index in [1.807, 2.05) is 31.1 Å². The van der Waals surface area contributed by atoms with Gasteiger partial charge >= 0.3 is 0 Å². The number of rotatable bonds is 4. The first kappa shape index (κ1) is 17.4. The molecule has 3 aromatic heterocycles. The predicted molar refractivity (Wildman–Crippen MR) is 100 cm³/mol. The molecule has 1 fully saturated rings. The topological polar surface area (TPSA) is 80.8 Å². The second-order valence-corrected chi connectivity index (χ2v) is 6.86. The molecule has 0 radical (unpaired) electrons. The van der Waals surface area contributed by atoms with Crippen LogP contribution in [0.5, 0.6) is 0 Å². The second-order valence-electron chi connectivity index (χ2n) is 6.86. The quantitative estimate of drug-likeness (QED) is 0.683. The summed E-state index contributed by atoms with van der Waals surface area (Å²) >= 11 is 0. The largest absolute Gasteiger partial charge is 0.368 e. The van der Waals surface area contributed by atoms with Crippen molar-refractivity contribution in [2.45, 2.75) is 26.7 Å². The Hall–Kier alpha value is -3.03. The van der Waals surface area contributed by atoms with Gasteiger partial charge < -0.3 is 9.80 Å². The number of anilines is 1. The van der Waals surface area contributed by atoms with Crippen molar-refractivity contribution < 1.29 is 9.78 Å². The molecule has 1 N–H and O–H groups in total. The minimum Gasteiger partial charge on any atom is -0.368 e. The van der Waals surface area contributed by atoms with Gasteiger partial charge in [-0.2, -0.15) is 10.1 Å². The molecule has 0 bridgehead atoms. The van der Waals surface area contributed by atoms with Crippen LogP contribution in [0.2, 0.25) is 0 Å². The fraction of sp³-hybridized carbons (Fsp3) is 0.421. The molecular formula is C19H24N7O+. The van der Waals surface area contributed by atoms with Gasteiger partial charge in [0.15, 0.2) is 12.4 Å². The molecule has 27 heavy (non-hydrogen) atoms. The van der Waals surface area contributed by atoms with Crippen LogP contribution in [-0.4, -0.2) is 56.6 Å². The number of nitrogens with zero attached hydrogens (tertiary/aromatic N) is 6. The molecule has 4 heterocycles. The van der Waals surface area contributed by atoms with E-state index in [9.17, 15) is 4.79 Å². The van der Waals surface area contributed by atoms with Gasteiger partial charge in [0.25, 0.3) is 5.78 Å². The van der Waals surface area contributed by atoms with Gasteiger partial charge in [-0.1, -0.05) is 0 Å². The van der Waals surface area contributed by atoms with Crippen LogP contribution in [0, 0.1) is 13.8 Å². The fourth-order valence-electron chi connectivity index (χ4n) is 3.71. The predicted octanol–water partition coefficient (Wildman–Crippen LogP) is 0.837. The van der Waals surface area contributed by atoms with E-state index in [0.29, 0.717) is 18.6 Å². The number of aromatic nitrogens is 5. The summed E-state index contributed by atoms with van der Waals surface area (Å²) < 4.78 is 1.74. The van der Waals surface area contributed by atoms with E-state index in [2.05, 4.69) is 37.1 Å². The Kier molecular flexibility index (Phi) is 4.70. The summed E-state index contributed by atoms with van der Waals surface area (Å²) in [4.78, 5) is 28.7. The van der Waals surface area contributed by atoms with Crippen LogP contribution in [0.1, 0.15) is 23.4 Å². The highest BCUT2D eigenvalue weighted by Crippen LogP contribution is 2.17. The molecule has 8 nitrogen and oxygen atoms in total. The normalized spacial score (nSPS) is 14.7. The number of aromatic amines is 1. The third-order valence-electron chi connectivity index (χ3n) is 5.28. The number of carbonyl (C=O) groups excluding carboxylic acids is 1. The van der Waals surface area contributed by atoms with Gasteiger partial charge in [0.2, 0.25) is 5.91 Å². The third-order valence-corrected chi connectivity index (χ3v) is 5.28. The van der Waals surface area contributed by atoms with Gasteiger partial charge in [-0.15, -0.1) is 0 Å². The molecule has 0 spiro atoms. The molecular weight excluding hydrogens is 342 g/mol. The van der Waals surface area contributed by atoms with Gasteiger partial charge in [0, 0.05) is 61.8 Å². The molecule has 4 rings (SSSR count). The van der Waals surface area contributed by atoms with Crippen LogP contribution < -0.4 is 9.88 Å². The van der Waals surface area contributed by atoms with E-state index in [4.69, 9.17) is 0 Å². The Morgan fingerprint density at radius 3 is 2.63 bits per heavy atom. The number of hydrogen-bond acceptors (Lipinski definition) is 5. The Labute approximate surface area is 157 Å². The number of aryl methyl sites for hydroxylation is 2. The van der Waals surface area contributed by atoms with Crippen molar-refractivity contribution in [3.63, 3.8) is 0 Å². The molecule has 1 aliphatic rings. The first-order valence-corrected chi connectivity index (χ1v) is 9.28. The van der Waals surface area contributed by atoms with Crippen molar-refractivity contribution in [2.75, 3.05) is 31.1 Å². The van der Waals surface area contributed by atoms with Crippen molar-refractivity contribution in [3.8, 4) is 0 Å². The van der Waals surface area contributed by atoms with Crippen LogP contribution in [0.3, 0.4) is 0 Å². The zero-order valence-corrected chi connectivity index (χ0v) is 15.7. The first-order chi connectivity index (χ1) is 13.1. The molecule has 1 aliphatic heterocycles. The maximum atomic E-state index is 12.7. The lowest BCUT2D eigenvalue weighted by Crippen LogP contribution is -2.48. The lowest BCUT2D eigenvalue weighted by molar-refractivity contribution is -0.377. The maximum absolute atomic E-state index is 12.7. The number of carbonyl (C=O) groups is 1. The van der Waals surface area contributed by atoms with Crippen LogP contribution >= 0.6 is 0 Å². The molecule has 0 atom stereocenters. The van der Waals surface area contributed by atoms with Gasteiger partial charge in [-0.25, -0.2) is 14.5 Å². The van der Waals surface area contributed by atoms with Crippen molar-refractivity contribution in [1.82, 2.24) is 24.5 Å². The summed E-state index contributed by atoms with van der Waals surface area (Å²) in [5.74, 6) is 0.809. The van der Waals surface area contributed by atoms with E-state index in [-0.39, 0.29) is 5.91 Å².